The largest absolute Gasteiger partial charge is 0.445 e. The maximum Gasteiger partial charge on any atom is 0.194 e. The highest BCUT2D eigenvalue weighted by atomic mass is 16.4. The standard InChI is InChI=1S/C14H24N2O/c1-4-14(2,3)12-10-16-13(17-12)6-5-9-15-11-7-8-11/h10-11,15H,4-9H2,1-3H3. The summed E-state index contributed by atoms with van der Waals surface area (Å²) in [7, 11) is 0. The molecular formula is C14H24N2O. The summed E-state index contributed by atoms with van der Waals surface area (Å²) in [6.45, 7) is 7.67. The van der Waals surface area contributed by atoms with Crippen LogP contribution in [-0.2, 0) is 11.8 Å². The van der Waals surface area contributed by atoms with Gasteiger partial charge >= 0.3 is 0 Å². The summed E-state index contributed by atoms with van der Waals surface area (Å²) in [6.07, 6.45) is 7.74. The maximum absolute atomic E-state index is 5.82. The van der Waals surface area contributed by atoms with E-state index in [1.54, 1.807) is 0 Å². The van der Waals surface area contributed by atoms with Crippen molar-refractivity contribution in [1.29, 1.82) is 0 Å². The van der Waals surface area contributed by atoms with Crippen molar-refractivity contribution in [3.05, 3.63) is 17.8 Å². The van der Waals surface area contributed by atoms with Gasteiger partial charge in [0.25, 0.3) is 0 Å². The number of aromatic nitrogens is 1. The SMILES string of the molecule is CCC(C)(C)c1cnc(CCCNC2CC2)o1. The Balaban J connectivity index is 1.76. The molecule has 3 heteroatoms. The van der Waals surface area contributed by atoms with Crippen LogP contribution in [0.15, 0.2) is 10.6 Å². The molecule has 0 atom stereocenters. The number of hydrogen-bond donors (Lipinski definition) is 1. The third kappa shape index (κ3) is 3.56. The van der Waals surface area contributed by atoms with Crippen molar-refractivity contribution in [3.63, 3.8) is 0 Å². The Morgan fingerprint density at radius 3 is 2.88 bits per heavy atom. The van der Waals surface area contributed by atoms with Crippen LogP contribution in [0.2, 0.25) is 0 Å². The molecule has 1 aromatic heterocycles. The van der Waals surface area contributed by atoms with E-state index in [0.717, 1.165) is 43.5 Å². The zero-order valence-corrected chi connectivity index (χ0v) is 11.3. The van der Waals surface area contributed by atoms with Gasteiger partial charge in [-0.2, -0.15) is 0 Å². The Bertz CT molecular complexity index is 353. The van der Waals surface area contributed by atoms with Gasteiger partial charge in [0.2, 0.25) is 0 Å². The van der Waals surface area contributed by atoms with Gasteiger partial charge in [-0.1, -0.05) is 20.8 Å². The summed E-state index contributed by atoms with van der Waals surface area (Å²) in [5.41, 5.74) is 0.109. The zero-order chi connectivity index (χ0) is 12.3. The molecular weight excluding hydrogens is 212 g/mol. The first-order chi connectivity index (χ1) is 8.12. The summed E-state index contributed by atoms with van der Waals surface area (Å²) >= 11 is 0. The number of hydrogen-bond acceptors (Lipinski definition) is 3. The van der Waals surface area contributed by atoms with Crippen LogP contribution in [0.5, 0.6) is 0 Å². The van der Waals surface area contributed by atoms with Gasteiger partial charge in [-0.05, 0) is 32.2 Å². The van der Waals surface area contributed by atoms with E-state index >= 15 is 0 Å². The third-order valence-electron chi connectivity index (χ3n) is 3.68. The maximum atomic E-state index is 5.82. The van der Waals surface area contributed by atoms with Gasteiger partial charge < -0.3 is 9.73 Å². The molecule has 1 saturated carbocycles. The average Bonchev–Trinajstić information content (AvgIpc) is 3.01. The molecule has 0 spiro atoms. The second kappa shape index (κ2) is 5.21. The first-order valence-corrected chi connectivity index (χ1v) is 6.80. The summed E-state index contributed by atoms with van der Waals surface area (Å²) in [5.74, 6) is 1.91. The van der Waals surface area contributed by atoms with E-state index in [4.69, 9.17) is 4.42 Å². The molecule has 0 amide bonds. The van der Waals surface area contributed by atoms with Gasteiger partial charge in [-0.15, -0.1) is 0 Å². The predicted molar refractivity (Wildman–Crippen MR) is 69.2 cm³/mol. The summed E-state index contributed by atoms with van der Waals surface area (Å²) in [4.78, 5) is 4.37. The number of aryl methyl sites for hydroxylation is 1. The number of nitrogens with zero attached hydrogens (tertiary/aromatic N) is 1. The zero-order valence-electron chi connectivity index (χ0n) is 11.3. The van der Waals surface area contributed by atoms with E-state index in [-0.39, 0.29) is 5.41 Å². The van der Waals surface area contributed by atoms with Crippen molar-refractivity contribution in [3.8, 4) is 0 Å². The minimum Gasteiger partial charge on any atom is -0.445 e. The Hall–Kier alpha value is -0.830. The van der Waals surface area contributed by atoms with Gasteiger partial charge in [-0.3, -0.25) is 0 Å². The van der Waals surface area contributed by atoms with Gasteiger partial charge in [-0.25, -0.2) is 4.98 Å². The smallest absolute Gasteiger partial charge is 0.194 e. The monoisotopic (exact) mass is 236 g/mol. The highest BCUT2D eigenvalue weighted by Crippen LogP contribution is 2.27. The van der Waals surface area contributed by atoms with E-state index in [0.29, 0.717) is 0 Å². The second-order valence-corrected chi connectivity index (χ2v) is 5.69. The fourth-order valence-corrected chi connectivity index (χ4v) is 1.75. The third-order valence-corrected chi connectivity index (χ3v) is 3.68. The molecule has 0 unspecified atom stereocenters. The lowest BCUT2D eigenvalue weighted by molar-refractivity contribution is 0.353. The molecule has 0 aliphatic heterocycles. The highest BCUT2D eigenvalue weighted by Gasteiger charge is 2.23. The highest BCUT2D eigenvalue weighted by molar-refractivity contribution is 5.07. The van der Waals surface area contributed by atoms with Crippen molar-refractivity contribution in [2.45, 2.75) is 64.3 Å². The van der Waals surface area contributed by atoms with Crippen molar-refractivity contribution >= 4 is 0 Å². The topological polar surface area (TPSA) is 38.1 Å². The lowest BCUT2D eigenvalue weighted by atomic mass is 9.88. The lowest BCUT2D eigenvalue weighted by Crippen LogP contribution is -2.17. The molecule has 1 aromatic rings. The molecule has 0 saturated heterocycles. The van der Waals surface area contributed by atoms with E-state index < -0.39 is 0 Å². The summed E-state index contributed by atoms with van der Waals surface area (Å²) < 4.78 is 5.82. The summed E-state index contributed by atoms with van der Waals surface area (Å²) in [6, 6.07) is 0.800. The van der Waals surface area contributed by atoms with Gasteiger partial charge in [0.15, 0.2) is 5.89 Å². The van der Waals surface area contributed by atoms with E-state index in [1.807, 2.05) is 6.20 Å². The van der Waals surface area contributed by atoms with Crippen molar-refractivity contribution in [2.24, 2.45) is 0 Å². The van der Waals surface area contributed by atoms with Crippen LogP contribution in [-0.4, -0.2) is 17.6 Å². The fourth-order valence-electron chi connectivity index (χ4n) is 1.75. The Morgan fingerprint density at radius 1 is 1.47 bits per heavy atom. The van der Waals surface area contributed by atoms with Crippen LogP contribution in [0, 0.1) is 0 Å². The van der Waals surface area contributed by atoms with Gasteiger partial charge in [0.1, 0.15) is 5.76 Å². The van der Waals surface area contributed by atoms with Crippen LogP contribution < -0.4 is 5.32 Å². The molecule has 0 aromatic carbocycles. The fraction of sp³-hybridized carbons (Fsp3) is 0.786. The van der Waals surface area contributed by atoms with Crippen LogP contribution >= 0.6 is 0 Å². The van der Waals surface area contributed by atoms with E-state index in [2.05, 4.69) is 31.1 Å². The molecule has 1 aliphatic rings. The minimum atomic E-state index is 0.109. The first kappa shape index (κ1) is 12.6. The molecule has 1 heterocycles. The number of oxazole rings is 1. The van der Waals surface area contributed by atoms with Gasteiger partial charge in [0.05, 0.1) is 6.20 Å². The molecule has 0 bridgehead atoms. The van der Waals surface area contributed by atoms with Crippen molar-refractivity contribution in [1.82, 2.24) is 10.3 Å². The quantitative estimate of drug-likeness (QED) is 0.739. The first-order valence-electron chi connectivity index (χ1n) is 6.80. The molecule has 1 aliphatic carbocycles. The minimum absolute atomic E-state index is 0.109. The predicted octanol–water partition coefficient (Wildman–Crippen LogP) is 3.05. The molecule has 0 radical (unpaired) electrons. The molecule has 1 N–H and O–H groups in total. The van der Waals surface area contributed by atoms with Crippen LogP contribution in [0.1, 0.15) is 58.1 Å². The molecule has 3 nitrogen and oxygen atoms in total. The van der Waals surface area contributed by atoms with Crippen molar-refractivity contribution < 1.29 is 4.42 Å². The average molecular weight is 236 g/mol. The van der Waals surface area contributed by atoms with Gasteiger partial charge in [0, 0.05) is 17.9 Å². The van der Waals surface area contributed by atoms with Crippen LogP contribution in [0.3, 0.4) is 0 Å². The van der Waals surface area contributed by atoms with E-state index in [9.17, 15) is 0 Å². The van der Waals surface area contributed by atoms with Crippen LogP contribution in [0.4, 0.5) is 0 Å². The molecule has 2 rings (SSSR count). The Labute approximate surface area is 104 Å². The number of rotatable bonds is 7. The second-order valence-electron chi connectivity index (χ2n) is 5.69. The lowest BCUT2D eigenvalue weighted by Gasteiger charge is -2.18. The van der Waals surface area contributed by atoms with Crippen molar-refractivity contribution in [2.75, 3.05) is 6.54 Å². The number of nitrogens with one attached hydrogen (secondary N) is 1. The molecule has 17 heavy (non-hydrogen) atoms. The Kier molecular flexibility index (Phi) is 3.87. The molecule has 96 valence electrons. The van der Waals surface area contributed by atoms with Crippen LogP contribution in [0.25, 0.3) is 0 Å². The normalized spacial score (nSPS) is 16.4. The molecule has 1 fully saturated rings. The summed E-state index contributed by atoms with van der Waals surface area (Å²) in [5, 5.41) is 3.51. The van der Waals surface area contributed by atoms with E-state index in [1.165, 1.54) is 12.8 Å². The Morgan fingerprint density at radius 2 is 2.24 bits per heavy atom.